The van der Waals surface area contributed by atoms with Gasteiger partial charge >= 0.3 is 0 Å². The summed E-state index contributed by atoms with van der Waals surface area (Å²) in [5.74, 6) is 0.674. The lowest BCUT2D eigenvalue weighted by molar-refractivity contribution is 0.485. The molecule has 1 heterocycles. The molecule has 3 heteroatoms. The molecule has 1 aliphatic heterocycles. The number of hydrogen-bond donors (Lipinski definition) is 1. The summed E-state index contributed by atoms with van der Waals surface area (Å²) < 4.78 is 0. The maximum atomic E-state index is 6.12. The Bertz CT molecular complexity index is 371. The molecule has 2 nitrogen and oxygen atoms in total. The lowest BCUT2D eigenvalue weighted by Crippen LogP contribution is -2.47. The van der Waals surface area contributed by atoms with E-state index in [-0.39, 0.29) is 17.9 Å². The zero-order valence-electron chi connectivity index (χ0n) is 10.9. The van der Waals surface area contributed by atoms with Crippen molar-refractivity contribution >= 4 is 18.1 Å². The molecular formula is C14H23ClN2. The van der Waals surface area contributed by atoms with Gasteiger partial charge in [0.25, 0.3) is 0 Å². The van der Waals surface area contributed by atoms with Crippen LogP contribution in [0.25, 0.3) is 0 Å². The molecule has 0 aliphatic carbocycles. The van der Waals surface area contributed by atoms with E-state index in [0.29, 0.717) is 5.92 Å². The lowest BCUT2D eigenvalue weighted by Gasteiger charge is -2.38. The van der Waals surface area contributed by atoms with Crippen LogP contribution in [0.5, 0.6) is 0 Å². The number of para-hydroxylation sites is 1. The van der Waals surface area contributed by atoms with Crippen LogP contribution in [-0.4, -0.2) is 18.6 Å². The number of benzene rings is 1. The van der Waals surface area contributed by atoms with E-state index in [1.54, 1.807) is 0 Å². The molecule has 96 valence electrons. The highest BCUT2D eigenvalue weighted by Crippen LogP contribution is 2.34. The van der Waals surface area contributed by atoms with Gasteiger partial charge in [0.05, 0.1) is 0 Å². The highest BCUT2D eigenvalue weighted by molar-refractivity contribution is 5.85. The molecule has 0 saturated heterocycles. The molecule has 1 aliphatic rings. The van der Waals surface area contributed by atoms with Crippen molar-refractivity contribution in [3.8, 4) is 0 Å². The van der Waals surface area contributed by atoms with Gasteiger partial charge in [-0.2, -0.15) is 0 Å². The lowest BCUT2D eigenvalue weighted by atomic mass is 9.90. The molecule has 1 aromatic carbocycles. The predicted molar refractivity (Wildman–Crippen MR) is 77.2 cm³/mol. The van der Waals surface area contributed by atoms with Crippen LogP contribution >= 0.6 is 12.4 Å². The Kier molecular flexibility index (Phi) is 4.45. The van der Waals surface area contributed by atoms with Crippen molar-refractivity contribution in [2.24, 2.45) is 5.73 Å². The molecule has 2 rings (SSSR count). The average molecular weight is 255 g/mol. The zero-order chi connectivity index (χ0) is 11.8. The van der Waals surface area contributed by atoms with Crippen LogP contribution in [0.15, 0.2) is 24.3 Å². The summed E-state index contributed by atoms with van der Waals surface area (Å²) in [6, 6.07) is 8.71. The first-order chi connectivity index (χ1) is 7.47. The molecule has 1 atom stereocenters. The van der Waals surface area contributed by atoms with Crippen LogP contribution in [0.1, 0.15) is 38.7 Å². The van der Waals surface area contributed by atoms with Crippen LogP contribution in [0.4, 0.5) is 5.69 Å². The zero-order valence-corrected chi connectivity index (χ0v) is 11.8. The molecule has 0 aromatic heterocycles. The van der Waals surface area contributed by atoms with Gasteiger partial charge < -0.3 is 10.6 Å². The number of halogens is 1. The maximum Gasteiger partial charge on any atom is 0.0402 e. The van der Waals surface area contributed by atoms with Crippen molar-refractivity contribution < 1.29 is 0 Å². The fraction of sp³-hybridized carbons (Fsp3) is 0.571. The summed E-state index contributed by atoms with van der Waals surface area (Å²) in [7, 11) is 0. The first-order valence-corrected chi connectivity index (χ1v) is 6.10. The van der Waals surface area contributed by atoms with Crippen LogP contribution in [0.3, 0.4) is 0 Å². The Hall–Kier alpha value is -0.730. The van der Waals surface area contributed by atoms with Crippen LogP contribution in [0.2, 0.25) is 0 Å². The summed E-state index contributed by atoms with van der Waals surface area (Å²) in [4.78, 5) is 2.43. The Labute approximate surface area is 111 Å². The minimum atomic E-state index is -0.131. The van der Waals surface area contributed by atoms with Crippen molar-refractivity contribution in [2.75, 3.05) is 18.0 Å². The second-order valence-electron chi connectivity index (χ2n) is 5.66. The van der Waals surface area contributed by atoms with Gasteiger partial charge in [-0.15, -0.1) is 12.4 Å². The third kappa shape index (κ3) is 3.36. The summed E-state index contributed by atoms with van der Waals surface area (Å²) in [5.41, 5.74) is 8.83. The molecule has 0 radical (unpaired) electrons. The predicted octanol–water partition coefficient (Wildman–Crippen LogP) is 3.16. The second kappa shape index (κ2) is 5.28. The molecule has 0 fully saturated rings. The van der Waals surface area contributed by atoms with E-state index >= 15 is 0 Å². The van der Waals surface area contributed by atoms with E-state index in [0.717, 1.165) is 13.1 Å². The minimum absolute atomic E-state index is 0. The molecule has 0 bridgehead atoms. The van der Waals surface area contributed by atoms with Gasteiger partial charge in [0, 0.05) is 24.3 Å². The van der Waals surface area contributed by atoms with Gasteiger partial charge in [0.2, 0.25) is 0 Å². The van der Waals surface area contributed by atoms with E-state index in [9.17, 15) is 0 Å². The largest absolute Gasteiger partial charge is 0.369 e. The minimum Gasteiger partial charge on any atom is -0.369 e. The first-order valence-electron chi connectivity index (χ1n) is 6.10. The molecule has 0 spiro atoms. The molecule has 1 unspecified atom stereocenters. The van der Waals surface area contributed by atoms with Gasteiger partial charge in [-0.25, -0.2) is 0 Å². The fourth-order valence-electron chi connectivity index (χ4n) is 2.47. The van der Waals surface area contributed by atoms with E-state index in [2.05, 4.69) is 49.9 Å². The van der Waals surface area contributed by atoms with Crippen molar-refractivity contribution in [2.45, 2.75) is 38.6 Å². The molecule has 0 amide bonds. The smallest absolute Gasteiger partial charge is 0.0402 e. The van der Waals surface area contributed by atoms with Crippen LogP contribution in [0, 0.1) is 0 Å². The van der Waals surface area contributed by atoms with Gasteiger partial charge in [-0.05, 0) is 37.8 Å². The molecule has 17 heavy (non-hydrogen) atoms. The highest BCUT2D eigenvalue weighted by Gasteiger charge is 2.24. The third-order valence-corrected chi connectivity index (χ3v) is 3.24. The number of nitrogens with zero attached hydrogens (tertiary/aromatic N) is 1. The SMILES string of the molecule is CC1CCN(CC(C)(C)N)c2ccccc21.Cl. The first kappa shape index (κ1) is 14.3. The summed E-state index contributed by atoms with van der Waals surface area (Å²) in [6.45, 7) is 8.54. The average Bonchev–Trinajstić information content (AvgIpc) is 2.21. The Morgan fingerprint density at radius 2 is 2.00 bits per heavy atom. The monoisotopic (exact) mass is 254 g/mol. The number of fused-ring (bicyclic) bond motifs is 1. The maximum absolute atomic E-state index is 6.12. The number of rotatable bonds is 2. The summed E-state index contributed by atoms with van der Waals surface area (Å²) in [6.07, 6.45) is 1.23. The van der Waals surface area contributed by atoms with Gasteiger partial charge in [-0.3, -0.25) is 0 Å². The Morgan fingerprint density at radius 1 is 1.35 bits per heavy atom. The Morgan fingerprint density at radius 3 is 2.65 bits per heavy atom. The topological polar surface area (TPSA) is 29.3 Å². The van der Waals surface area contributed by atoms with Crippen molar-refractivity contribution in [3.05, 3.63) is 29.8 Å². The van der Waals surface area contributed by atoms with Gasteiger partial charge in [0.1, 0.15) is 0 Å². The quantitative estimate of drug-likeness (QED) is 0.879. The van der Waals surface area contributed by atoms with Crippen LogP contribution < -0.4 is 10.6 Å². The van der Waals surface area contributed by atoms with Crippen LogP contribution in [-0.2, 0) is 0 Å². The molecule has 2 N–H and O–H groups in total. The number of nitrogens with two attached hydrogens (primary N) is 1. The highest BCUT2D eigenvalue weighted by atomic mass is 35.5. The third-order valence-electron chi connectivity index (χ3n) is 3.24. The van der Waals surface area contributed by atoms with Gasteiger partial charge in [0.15, 0.2) is 0 Å². The molecule has 0 saturated carbocycles. The van der Waals surface area contributed by atoms with E-state index in [1.807, 2.05) is 0 Å². The number of hydrogen-bond acceptors (Lipinski definition) is 2. The van der Waals surface area contributed by atoms with Crippen molar-refractivity contribution in [1.82, 2.24) is 0 Å². The summed E-state index contributed by atoms with van der Waals surface area (Å²) in [5, 5.41) is 0. The number of anilines is 1. The Balaban J connectivity index is 0.00000144. The second-order valence-corrected chi connectivity index (χ2v) is 5.66. The van der Waals surface area contributed by atoms with E-state index < -0.39 is 0 Å². The standard InChI is InChI=1S/C14H22N2.ClH/c1-11-8-9-16(10-14(2,3)15)13-7-5-4-6-12(11)13;/h4-7,11H,8-10,15H2,1-3H3;1H. The van der Waals surface area contributed by atoms with Gasteiger partial charge in [-0.1, -0.05) is 25.1 Å². The van der Waals surface area contributed by atoms with E-state index in [4.69, 9.17) is 5.73 Å². The van der Waals surface area contributed by atoms with Crippen molar-refractivity contribution in [3.63, 3.8) is 0 Å². The molecule has 1 aromatic rings. The molecular weight excluding hydrogens is 232 g/mol. The summed E-state index contributed by atoms with van der Waals surface area (Å²) >= 11 is 0. The van der Waals surface area contributed by atoms with E-state index in [1.165, 1.54) is 17.7 Å². The van der Waals surface area contributed by atoms with Crippen molar-refractivity contribution in [1.29, 1.82) is 0 Å². The normalized spacial score (nSPS) is 19.5. The fourth-order valence-corrected chi connectivity index (χ4v) is 2.47.